The average Bonchev–Trinajstić information content (AvgIpc) is 2.65. The Labute approximate surface area is 140 Å². The Morgan fingerprint density at radius 3 is 2.33 bits per heavy atom. The van der Waals surface area contributed by atoms with Crippen molar-refractivity contribution < 1.29 is 18.9 Å². The highest BCUT2D eigenvalue weighted by molar-refractivity contribution is 5.83. The number of methoxy groups -OCH3 is 2. The zero-order valence-electron chi connectivity index (χ0n) is 13.5. The molecule has 0 amide bonds. The number of hydrogen-bond donors (Lipinski definition) is 0. The second-order valence-electron chi connectivity index (χ2n) is 5.12. The zero-order chi connectivity index (χ0) is 16.9. The SMILES string of the molecule is COc1ccc(/C(=C\C#N)c2ccc3c(c2)OCCO3)cc1OC. The maximum atomic E-state index is 9.19. The Hall–Kier alpha value is -3.13. The molecule has 1 aliphatic heterocycles. The first-order chi connectivity index (χ1) is 11.8. The molecule has 0 aliphatic carbocycles. The summed E-state index contributed by atoms with van der Waals surface area (Å²) in [7, 11) is 3.17. The summed E-state index contributed by atoms with van der Waals surface area (Å²) < 4.78 is 21.8. The second-order valence-corrected chi connectivity index (χ2v) is 5.12. The Bertz CT molecular complexity index is 779. The van der Waals surface area contributed by atoms with Gasteiger partial charge in [0.2, 0.25) is 0 Å². The van der Waals surface area contributed by atoms with E-state index < -0.39 is 0 Å². The maximum Gasteiger partial charge on any atom is 0.161 e. The molecule has 1 aliphatic rings. The van der Waals surface area contributed by atoms with Gasteiger partial charge in [-0.1, -0.05) is 12.1 Å². The van der Waals surface area contributed by atoms with Gasteiger partial charge in [0, 0.05) is 6.08 Å². The van der Waals surface area contributed by atoms with Gasteiger partial charge >= 0.3 is 0 Å². The number of nitriles is 1. The van der Waals surface area contributed by atoms with E-state index in [1.165, 1.54) is 6.08 Å². The van der Waals surface area contributed by atoms with Gasteiger partial charge in [-0.3, -0.25) is 0 Å². The van der Waals surface area contributed by atoms with Crippen molar-refractivity contribution in [2.45, 2.75) is 0 Å². The number of benzene rings is 2. The molecule has 24 heavy (non-hydrogen) atoms. The monoisotopic (exact) mass is 323 g/mol. The summed E-state index contributed by atoms with van der Waals surface area (Å²) in [4.78, 5) is 0. The number of fused-ring (bicyclic) bond motifs is 1. The number of ether oxygens (including phenoxy) is 4. The van der Waals surface area contributed by atoms with E-state index in [1.54, 1.807) is 14.2 Å². The zero-order valence-corrected chi connectivity index (χ0v) is 13.5. The van der Waals surface area contributed by atoms with Gasteiger partial charge in [-0.15, -0.1) is 0 Å². The quantitative estimate of drug-likeness (QED) is 0.807. The van der Waals surface area contributed by atoms with Crippen LogP contribution in [-0.4, -0.2) is 27.4 Å². The van der Waals surface area contributed by atoms with Gasteiger partial charge in [-0.25, -0.2) is 0 Å². The molecular weight excluding hydrogens is 306 g/mol. The van der Waals surface area contributed by atoms with Gasteiger partial charge in [-0.05, 0) is 41.0 Å². The van der Waals surface area contributed by atoms with Crippen molar-refractivity contribution >= 4 is 5.57 Å². The predicted molar refractivity (Wildman–Crippen MR) is 89.7 cm³/mol. The molecule has 0 spiro atoms. The lowest BCUT2D eigenvalue weighted by molar-refractivity contribution is 0.171. The number of rotatable bonds is 4. The Morgan fingerprint density at radius 2 is 1.62 bits per heavy atom. The molecule has 0 N–H and O–H groups in total. The van der Waals surface area contributed by atoms with Crippen LogP contribution < -0.4 is 18.9 Å². The molecule has 3 rings (SSSR count). The molecule has 2 aromatic carbocycles. The Morgan fingerprint density at radius 1 is 0.958 bits per heavy atom. The normalized spacial score (nSPS) is 13.1. The topological polar surface area (TPSA) is 60.7 Å². The molecule has 0 saturated heterocycles. The van der Waals surface area contributed by atoms with Crippen molar-refractivity contribution in [1.82, 2.24) is 0 Å². The van der Waals surface area contributed by atoms with Crippen LogP contribution in [0.25, 0.3) is 5.57 Å². The van der Waals surface area contributed by atoms with E-state index in [1.807, 2.05) is 36.4 Å². The van der Waals surface area contributed by atoms with E-state index in [-0.39, 0.29) is 0 Å². The van der Waals surface area contributed by atoms with Crippen molar-refractivity contribution in [3.8, 4) is 29.1 Å². The van der Waals surface area contributed by atoms with Crippen molar-refractivity contribution in [3.63, 3.8) is 0 Å². The first-order valence-electron chi connectivity index (χ1n) is 7.49. The van der Waals surface area contributed by atoms with Crippen LogP contribution in [0.4, 0.5) is 0 Å². The molecule has 0 bridgehead atoms. The molecular formula is C19H17NO4. The van der Waals surface area contributed by atoms with Crippen LogP contribution in [0.1, 0.15) is 11.1 Å². The van der Waals surface area contributed by atoms with Gasteiger partial charge in [-0.2, -0.15) is 5.26 Å². The lowest BCUT2D eigenvalue weighted by atomic mass is 9.97. The standard InChI is InChI=1S/C19H17NO4/c1-21-16-5-3-13(11-18(16)22-2)15(7-8-20)14-4-6-17-19(12-14)24-10-9-23-17/h3-7,11-12H,9-10H2,1-2H3/b15-7+. The molecule has 2 aromatic rings. The summed E-state index contributed by atoms with van der Waals surface area (Å²) in [6.07, 6.45) is 1.51. The lowest BCUT2D eigenvalue weighted by Gasteiger charge is -2.19. The minimum atomic E-state index is 0.518. The van der Waals surface area contributed by atoms with Crippen molar-refractivity contribution in [2.75, 3.05) is 27.4 Å². The van der Waals surface area contributed by atoms with E-state index in [2.05, 4.69) is 6.07 Å². The molecule has 0 fully saturated rings. The fraction of sp³-hybridized carbons (Fsp3) is 0.211. The molecule has 0 atom stereocenters. The highest BCUT2D eigenvalue weighted by Gasteiger charge is 2.15. The highest BCUT2D eigenvalue weighted by Crippen LogP contribution is 2.37. The summed E-state index contributed by atoms with van der Waals surface area (Å²) in [5.74, 6) is 2.65. The van der Waals surface area contributed by atoms with E-state index in [0.717, 1.165) is 16.7 Å². The van der Waals surface area contributed by atoms with Crippen LogP contribution in [0.5, 0.6) is 23.0 Å². The molecule has 0 radical (unpaired) electrons. The highest BCUT2D eigenvalue weighted by atomic mass is 16.6. The lowest BCUT2D eigenvalue weighted by Crippen LogP contribution is -2.15. The van der Waals surface area contributed by atoms with Crippen LogP contribution in [-0.2, 0) is 0 Å². The minimum Gasteiger partial charge on any atom is -0.493 e. The first kappa shape index (κ1) is 15.8. The molecule has 122 valence electrons. The second kappa shape index (κ2) is 6.97. The maximum absolute atomic E-state index is 9.19. The van der Waals surface area contributed by atoms with Gasteiger partial charge in [0.15, 0.2) is 23.0 Å². The fourth-order valence-electron chi connectivity index (χ4n) is 2.61. The molecule has 0 aromatic heterocycles. The van der Waals surface area contributed by atoms with E-state index >= 15 is 0 Å². The van der Waals surface area contributed by atoms with E-state index in [4.69, 9.17) is 18.9 Å². The fourth-order valence-corrected chi connectivity index (χ4v) is 2.61. The summed E-state index contributed by atoms with van der Waals surface area (Å²) in [5.41, 5.74) is 2.49. The van der Waals surface area contributed by atoms with Crippen LogP contribution in [0.3, 0.4) is 0 Å². The number of nitrogens with zero attached hydrogens (tertiary/aromatic N) is 1. The third-order valence-electron chi connectivity index (χ3n) is 3.76. The average molecular weight is 323 g/mol. The summed E-state index contributed by atoms with van der Waals surface area (Å²) in [6, 6.07) is 13.3. The van der Waals surface area contributed by atoms with Gasteiger partial charge in [0.05, 0.1) is 20.3 Å². The summed E-state index contributed by atoms with van der Waals surface area (Å²) in [5, 5.41) is 9.19. The molecule has 5 heteroatoms. The Balaban J connectivity index is 2.05. The number of allylic oxidation sites excluding steroid dienone is 1. The minimum absolute atomic E-state index is 0.518. The Kier molecular flexibility index (Phi) is 4.57. The third kappa shape index (κ3) is 2.99. The molecule has 5 nitrogen and oxygen atoms in total. The van der Waals surface area contributed by atoms with Gasteiger partial charge in [0.25, 0.3) is 0 Å². The summed E-state index contributed by atoms with van der Waals surface area (Å²) in [6.45, 7) is 1.06. The van der Waals surface area contributed by atoms with Gasteiger partial charge < -0.3 is 18.9 Å². The van der Waals surface area contributed by atoms with Crippen LogP contribution in [0.15, 0.2) is 42.5 Å². The first-order valence-corrected chi connectivity index (χ1v) is 7.49. The molecule has 1 heterocycles. The molecule has 0 saturated carbocycles. The third-order valence-corrected chi connectivity index (χ3v) is 3.76. The van der Waals surface area contributed by atoms with Crippen LogP contribution >= 0.6 is 0 Å². The largest absolute Gasteiger partial charge is 0.493 e. The van der Waals surface area contributed by atoms with E-state index in [0.29, 0.717) is 36.2 Å². The van der Waals surface area contributed by atoms with Crippen LogP contribution in [0.2, 0.25) is 0 Å². The smallest absolute Gasteiger partial charge is 0.161 e. The van der Waals surface area contributed by atoms with Crippen LogP contribution in [0, 0.1) is 11.3 Å². The molecule has 0 unspecified atom stereocenters. The van der Waals surface area contributed by atoms with E-state index in [9.17, 15) is 5.26 Å². The van der Waals surface area contributed by atoms with Crippen molar-refractivity contribution in [3.05, 3.63) is 53.6 Å². The van der Waals surface area contributed by atoms with Crippen molar-refractivity contribution in [1.29, 1.82) is 5.26 Å². The van der Waals surface area contributed by atoms with Gasteiger partial charge in [0.1, 0.15) is 13.2 Å². The summed E-state index contributed by atoms with van der Waals surface area (Å²) >= 11 is 0. The van der Waals surface area contributed by atoms with Crippen molar-refractivity contribution in [2.24, 2.45) is 0 Å². The predicted octanol–water partition coefficient (Wildman–Crippen LogP) is 3.43. The number of hydrogen-bond acceptors (Lipinski definition) is 5.